The molecule has 0 saturated carbocycles. The number of rotatable bonds is 6. The predicted molar refractivity (Wildman–Crippen MR) is 93.9 cm³/mol. The average molecular weight is 352 g/mol. The smallest absolute Gasteiger partial charge is 0.251 e. The second kappa shape index (κ2) is 7.59. The Kier molecular flexibility index (Phi) is 5.76. The van der Waals surface area contributed by atoms with Gasteiger partial charge in [-0.2, -0.15) is 0 Å². The summed E-state index contributed by atoms with van der Waals surface area (Å²) in [5, 5.41) is 8.79. The Morgan fingerprint density at radius 2 is 1.83 bits per heavy atom. The molecule has 2 amide bonds. The molecule has 0 saturated heterocycles. The van der Waals surface area contributed by atoms with Gasteiger partial charge in [0.25, 0.3) is 5.91 Å². The number of amides is 2. The summed E-state index contributed by atoms with van der Waals surface area (Å²) in [6, 6.07) is 8.58. The third kappa shape index (κ3) is 4.54. The van der Waals surface area contributed by atoms with Crippen molar-refractivity contribution in [3.05, 3.63) is 51.9 Å². The number of halogens is 1. The first-order valence-corrected chi connectivity index (χ1v) is 8.34. The molecule has 0 aliphatic carbocycles. The lowest BCUT2D eigenvalue weighted by Gasteiger charge is -2.20. The van der Waals surface area contributed by atoms with Crippen molar-refractivity contribution in [2.75, 3.05) is 5.32 Å². The van der Waals surface area contributed by atoms with E-state index in [-0.39, 0.29) is 11.9 Å². The highest BCUT2D eigenvalue weighted by Gasteiger charge is 2.19. The maximum atomic E-state index is 12.3. The summed E-state index contributed by atoms with van der Waals surface area (Å²) in [5.74, 6) is -0.785. The second-order valence-corrected chi connectivity index (χ2v) is 6.53. The molecule has 0 aliphatic heterocycles. The molecular formula is C16H18ClN3O2S. The maximum absolute atomic E-state index is 12.3. The molecule has 2 aromatic rings. The van der Waals surface area contributed by atoms with E-state index in [2.05, 4.69) is 10.6 Å². The van der Waals surface area contributed by atoms with Crippen LogP contribution in [0, 0.1) is 0 Å². The lowest BCUT2D eigenvalue weighted by molar-refractivity contribution is -0.117. The van der Waals surface area contributed by atoms with Crippen LogP contribution in [0.5, 0.6) is 0 Å². The molecule has 0 unspecified atom stereocenters. The third-order valence-electron chi connectivity index (χ3n) is 3.43. The molecule has 2 atom stereocenters. The van der Waals surface area contributed by atoms with Gasteiger partial charge in [0.05, 0.1) is 11.6 Å². The van der Waals surface area contributed by atoms with Gasteiger partial charge in [-0.1, -0.05) is 23.7 Å². The van der Waals surface area contributed by atoms with Crippen molar-refractivity contribution in [1.29, 1.82) is 0 Å². The number of primary amides is 1. The second-order valence-electron chi connectivity index (χ2n) is 5.18. The minimum Gasteiger partial charge on any atom is -0.366 e. The third-order valence-corrected chi connectivity index (χ3v) is 4.51. The molecule has 2 rings (SSSR count). The molecule has 0 aliphatic rings. The fraction of sp³-hybridized carbons (Fsp3) is 0.250. The van der Waals surface area contributed by atoms with Gasteiger partial charge in [-0.05, 0) is 43.0 Å². The number of nitrogens with one attached hydrogen (secondary N) is 2. The van der Waals surface area contributed by atoms with Crippen molar-refractivity contribution < 1.29 is 9.59 Å². The Balaban J connectivity index is 1.98. The van der Waals surface area contributed by atoms with Gasteiger partial charge in [-0.3, -0.25) is 14.9 Å². The van der Waals surface area contributed by atoms with Crippen LogP contribution in [-0.4, -0.2) is 17.9 Å². The van der Waals surface area contributed by atoms with Crippen molar-refractivity contribution >= 4 is 39.8 Å². The summed E-state index contributed by atoms with van der Waals surface area (Å²) in [4.78, 5) is 23.5. The van der Waals surface area contributed by atoms with Crippen molar-refractivity contribution in [2.45, 2.75) is 25.9 Å². The van der Waals surface area contributed by atoms with Crippen LogP contribution in [0.1, 0.15) is 35.8 Å². The zero-order valence-corrected chi connectivity index (χ0v) is 14.4. The van der Waals surface area contributed by atoms with Crippen LogP contribution < -0.4 is 16.4 Å². The lowest BCUT2D eigenvalue weighted by atomic mass is 10.1. The van der Waals surface area contributed by atoms with Crippen LogP contribution in [0.15, 0.2) is 35.7 Å². The van der Waals surface area contributed by atoms with E-state index in [1.807, 2.05) is 31.2 Å². The standard InChI is InChI=1S/C16H18ClN3O2S/c1-9(11-3-5-12(17)6-4-11)19-10(2)15(22)20-16-13(14(18)21)7-8-23-16/h3-10,19H,1-2H3,(H2,18,21)(H,20,22)/t9-,10+/m1/s1. The van der Waals surface area contributed by atoms with Gasteiger partial charge in [-0.25, -0.2) is 0 Å². The molecule has 0 bridgehead atoms. The molecule has 5 nitrogen and oxygen atoms in total. The van der Waals surface area contributed by atoms with E-state index >= 15 is 0 Å². The summed E-state index contributed by atoms with van der Waals surface area (Å²) < 4.78 is 0. The van der Waals surface area contributed by atoms with Gasteiger partial charge in [0.2, 0.25) is 5.91 Å². The zero-order chi connectivity index (χ0) is 17.0. The van der Waals surface area contributed by atoms with Crippen LogP contribution in [0.2, 0.25) is 5.02 Å². The van der Waals surface area contributed by atoms with E-state index in [4.69, 9.17) is 17.3 Å². The first-order chi connectivity index (χ1) is 10.9. The monoisotopic (exact) mass is 351 g/mol. The summed E-state index contributed by atoms with van der Waals surface area (Å²) in [7, 11) is 0. The molecule has 4 N–H and O–H groups in total. The summed E-state index contributed by atoms with van der Waals surface area (Å²) in [5.41, 5.74) is 6.62. The van der Waals surface area contributed by atoms with Gasteiger partial charge < -0.3 is 11.1 Å². The van der Waals surface area contributed by atoms with Gasteiger partial charge in [-0.15, -0.1) is 11.3 Å². The van der Waals surface area contributed by atoms with Crippen molar-refractivity contribution in [2.24, 2.45) is 5.73 Å². The number of hydrogen-bond donors (Lipinski definition) is 3. The number of carbonyl (C=O) groups excluding carboxylic acids is 2. The fourth-order valence-corrected chi connectivity index (χ4v) is 3.04. The first kappa shape index (κ1) is 17.5. The van der Waals surface area contributed by atoms with E-state index in [0.29, 0.717) is 15.6 Å². The fourth-order valence-electron chi connectivity index (χ4n) is 2.12. The van der Waals surface area contributed by atoms with Crippen LogP contribution in [0.3, 0.4) is 0 Å². The predicted octanol–water partition coefficient (Wildman–Crippen LogP) is 3.18. The highest BCUT2D eigenvalue weighted by molar-refractivity contribution is 7.14. The average Bonchev–Trinajstić information content (AvgIpc) is 2.96. The highest BCUT2D eigenvalue weighted by atomic mass is 35.5. The molecule has 1 aromatic carbocycles. The number of benzene rings is 1. The van der Waals surface area contributed by atoms with E-state index in [0.717, 1.165) is 5.56 Å². The van der Waals surface area contributed by atoms with E-state index in [9.17, 15) is 9.59 Å². The Hall–Kier alpha value is -1.89. The molecule has 0 spiro atoms. The molecule has 0 fully saturated rings. The zero-order valence-electron chi connectivity index (χ0n) is 12.8. The van der Waals surface area contributed by atoms with Crippen molar-refractivity contribution in [3.63, 3.8) is 0 Å². The SMILES string of the molecule is C[C@H](N[C@H](C)c1ccc(Cl)cc1)C(=O)Nc1sccc1C(N)=O. The Morgan fingerprint density at radius 1 is 1.17 bits per heavy atom. The molecule has 1 aromatic heterocycles. The summed E-state index contributed by atoms with van der Waals surface area (Å²) in [6.07, 6.45) is 0. The first-order valence-electron chi connectivity index (χ1n) is 7.08. The van der Waals surface area contributed by atoms with E-state index in [1.54, 1.807) is 18.4 Å². The summed E-state index contributed by atoms with van der Waals surface area (Å²) in [6.45, 7) is 3.73. The number of hydrogen-bond acceptors (Lipinski definition) is 4. The lowest BCUT2D eigenvalue weighted by Crippen LogP contribution is -2.39. The topological polar surface area (TPSA) is 84.2 Å². The highest BCUT2D eigenvalue weighted by Crippen LogP contribution is 2.23. The van der Waals surface area contributed by atoms with Crippen LogP contribution in [0.4, 0.5) is 5.00 Å². The maximum Gasteiger partial charge on any atom is 0.251 e. The molecule has 1 heterocycles. The minimum absolute atomic E-state index is 0.0213. The summed E-state index contributed by atoms with van der Waals surface area (Å²) >= 11 is 7.14. The minimum atomic E-state index is -0.559. The van der Waals surface area contributed by atoms with Crippen LogP contribution >= 0.6 is 22.9 Å². The van der Waals surface area contributed by atoms with E-state index in [1.165, 1.54) is 11.3 Å². The number of thiophene rings is 1. The van der Waals surface area contributed by atoms with Gasteiger partial charge in [0.15, 0.2) is 0 Å². The Bertz CT molecular complexity index is 700. The Labute approximate surface area is 143 Å². The molecule has 7 heteroatoms. The Morgan fingerprint density at radius 3 is 2.43 bits per heavy atom. The van der Waals surface area contributed by atoms with Gasteiger partial charge in [0, 0.05) is 11.1 Å². The van der Waals surface area contributed by atoms with Gasteiger partial charge in [0.1, 0.15) is 5.00 Å². The quantitative estimate of drug-likeness (QED) is 0.747. The molecule has 0 radical (unpaired) electrons. The molecule has 122 valence electrons. The molecule has 23 heavy (non-hydrogen) atoms. The largest absolute Gasteiger partial charge is 0.366 e. The normalized spacial score (nSPS) is 13.3. The number of carbonyl (C=O) groups is 2. The molecular weight excluding hydrogens is 334 g/mol. The van der Waals surface area contributed by atoms with Crippen LogP contribution in [-0.2, 0) is 4.79 Å². The van der Waals surface area contributed by atoms with Crippen molar-refractivity contribution in [1.82, 2.24) is 5.32 Å². The van der Waals surface area contributed by atoms with Crippen molar-refractivity contribution in [3.8, 4) is 0 Å². The van der Waals surface area contributed by atoms with Crippen LogP contribution in [0.25, 0.3) is 0 Å². The number of anilines is 1. The van der Waals surface area contributed by atoms with E-state index < -0.39 is 11.9 Å². The number of nitrogens with two attached hydrogens (primary N) is 1. The van der Waals surface area contributed by atoms with Gasteiger partial charge >= 0.3 is 0 Å².